The van der Waals surface area contributed by atoms with E-state index in [0.29, 0.717) is 12.6 Å². The Balaban J connectivity index is 1.46. The number of likely N-dealkylation sites (tertiary alicyclic amines) is 1. The van der Waals surface area contributed by atoms with Crippen molar-refractivity contribution in [3.8, 4) is 0 Å². The van der Waals surface area contributed by atoms with E-state index in [1.54, 1.807) is 0 Å². The largest absolute Gasteiger partial charge is 0.316 e. The van der Waals surface area contributed by atoms with Gasteiger partial charge in [-0.3, -0.25) is 9.69 Å². The normalized spacial score (nSPS) is 31.5. The second kappa shape index (κ2) is 5.11. The van der Waals surface area contributed by atoms with Gasteiger partial charge in [0.1, 0.15) is 0 Å². The van der Waals surface area contributed by atoms with Gasteiger partial charge >= 0.3 is 0 Å². The minimum absolute atomic E-state index is 0.264. The maximum atomic E-state index is 12.8. The fourth-order valence-corrected chi connectivity index (χ4v) is 4.29. The summed E-state index contributed by atoms with van der Waals surface area (Å²) in [5, 5.41) is 3.45. The molecule has 1 amide bonds. The highest BCUT2D eigenvalue weighted by Gasteiger charge is 2.38. The van der Waals surface area contributed by atoms with Crippen LogP contribution in [0.2, 0.25) is 0 Å². The fourth-order valence-electron chi connectivity index (χ4n) is 4.29. The summed E-state index contributed by atoms with van der Waals surface area (Å²) in [5.41, 5.74) is 2.43. The Morgan fingerprint density at radius 2 is 1.95 bits per heavy atom. The first-order chi connectivity index (χ1) is 10.2. The second-order valence-electron chi connectivity index (χ2n) is 6.82. The Kier molecular flexibility index (Phi) is 3.23. The van der Waals surface area contributed by atoms with Gasteiger partial charge < -0.3 is 10.2 Å². The van der Waals surface area contributed by atoms with Crippen LogP contribution in [0.25, 0.3) is 0 Å². The standard InChI is InChI=1S/C17H23N3O/c1-12-6-13-4-2-3-5-16(13)20(12)17(21)11-19-9-14-7-18-8-15(14)10-19/h2-5,12,14-15,18H,6-11H2,1H3/t12?,14-,15+. The van der Waals surface area contributed by atoms with Crippen LogP contribution in [0.4, 0.5) is 5.69 Å². The van der Waals surface area contributed by atoms with Crippen LogP contribution in [0.3, 0.4) is 0 Å². The Morgan fingerprint density at radius 3 is 2.71 bits per heavy atom. The number of amides is 1. The van der Waals surface area contributed by atoms with Gasteiger partial charge in [-0.05, 0) is 49.9 Å². The number of rotatable bonds is 2. The number of para-hydroxylation sites is 1. The summed E-state index contributed by atoms with van der Waals surface area (Å²) in [4.78, 5) is 17.1. The first kappa shape index (κ1) is 13.3. The lowest BCUT2D eigenvalue weighted by Gasteiger charge is -2.26. The Morgan fingerprint density at radius 1 is 1.24 bits per heavy atom. The molecule has 0 spiro atoms. The van der Waals surface area contributed by atoms with Crippen LogP contribution in [0.1, 0.15) is 12.5 Å². The van der Waals surface area contributed by atoms with E-state index in [2.05, 4.69) is 35.3 Å². The monoisotopic (exact) mass is 285 g/mol. The molecule has 0 aromatic heterocycles. The van der Waals surface area contributed by atoms with E-state index in [1.807, 2.05) is 11.0 Å². The van der Waals surface area contributed by atoms with Gasteiger partial charge in [0.2, 0.25) is 5.91 Å². The number of hydrogen-bond donors (Lipinski definition) is 1. The van der Waals surface area contributed by atoms with Crippen LogP contribution in [-0.4, -0.2) is 49.6 Å². The third kappa shape index (κ3) is 2.27. The number of benzene rings is 1. The zero-order valence-corrected chi connectivity index (χ0v) is 12.6. The zero-order valence-electron chi connectivity index (χ0n) is 12.6. The van der Waals surface area contributed by atoms with E-state index < -0.39 is 0 Å². The van der Waals surface area contributed by atoms with Crippen molar-refractivity contribution in [1.82, 2.24) is 10.2 Å². The topological polar surface area (TPSA) is 35.6 Å². The smallest absolute Gasteiger partial charge is 0.241 e. The average Bonchev–Trinajstić information content (AvgIpc) is 3.09. The molecule has 4 heteroatoms. The molecule has 3 atom stereocenters. The van der Waals surface area contributed by atoms with Crippen molar-refractivity contribution >= 4 is 11.6 Å². The van der Waals surface area contributed by atoms with Gasteiger partial charge in [-0.2, -0.15) is 0 Å². The minimum atomic E-state index is 0.264. The van der Waals surface area contributed by atoms with Crippen LogP contribution in [0.15, 0.2) is 24.3 Å². The molecule has 1 N–H and O–H groups in total. The van der Waals surface area contributed by atoms with Gasteiger partial charge in [0, 0.05) is 24.8 Å². The van der Waals surface area contributed by atoms with Crippen LogP contribution < -0.4 is 10.2 Å². The summed E-state index contributed by atoms with van der Waals surface area (Å²) in [6, 6.07) is 8.61. The van der Waals surface area contributed by atoms with Crippen molar-refractivity contribution in [2.75, 3.05) is 37.6 Å². The van der Waals surface area contributed by atoms with Gasteiger partial charge in [0.05, 0.1) is 6.54 Å². The second-order valence-corrected chi connectivity index (χ2v) is 6.82. The number of hydrogen-bond acceptors (Lipinski definition) is 3. The van der Waals surface area contributed by atoms with Crippen molar-refractivity contribution in [3.05, 3.63) is 29.8 Å². The number of carbonyl (C=O) groups is 1. The lowest BCUT2D eigenvalue weighted by molar-refractivity contribution is -0.119. The predicted octanol–water partition coefficient (Wildman–Crippen LogP) is 1.12. The molecule has 4 rings (SSSR count). The summed E-state index contributed by atoms with van der Waals surface area (Å²) in [6.45, 7) is 7.13. The molecule has 0 aliphatic carbocycles. The third-order valence-electron chi connectivity index (χ3n) is 5.30. The van der Waals surface area contributed by atoms with E-state index in [-0.39, 0.29) is 5.91 Å². The number of carbonyl (C=O) groups excluding carboxylic acids is 1. The molecule has 3 aliphatic rings. The number of anilines is 1. The maximum absolute atomic E-state index is 12.8. The van der Waals surface area contributed by atoms with Gasteiger partial charge in [0.15, 0.2) is 0 Å². The molecule has 2 saturated heterocycles. The summed E-state index contributed by atoms with van der Waals surface area (Å²) in [6.07, 6.45) is 0.983. The molecule has 0 saturated carbocycles. The molecule has 21 heavy (non-hydrogen) atoms. The van der Waals surface area contributed by atoms with Gasteiger partial charge in [0.25, 0.3) is 0 Å². The molecular formula is C17H23N3O. The van der Waals surface area contributed by atoms with E-state index >= 15 is 0 Å². The van der Waals surface area contributed by atoms with Crippen molar-refractivity contribution in [1.29, 1.82) is 0 Å². The number of nitrogens with one attached hydrogen (secondary N) is 1. The van der Waals surface area contributed by atoms with Crippen molar-refractivity contribution < 1.29 is 4.79 Å². The van der Waals surface area contributed by atoms with Gasteiger partial charge in [-0.15, -0.1) is 0 Å². The van der Waals surface area contributed by atoms with Crippen molar-refractivity contribution in [2.45, 2.75) is 19.4 Å². The molecular weight excluding hydrogens is 262 g/mol. The van der Waals surface area contributed by atoms with Crippen LogP contribution in [-0.2, 0) is 11.2 Å². The Hall–Kier alpha value is -1.39. The van der Waals surface area contributed by atoms with Gasteiger partial charge in [-0.1, -0.05) is 18.2 Å². The molecule has 3 aliphatic heterocycles. The molecule has 1 unspecified atom stereocenters. The molecule has 0 radical (unpaired) electrons. The van der Waals surface area contributed by atoms with E-state index in [1.165, 1.54) is 5.56 Å². The van der Waals surface area contributed by atoms with E-state index in [4.69, 9.17) is 0 Å². The zero-order chi connectivity index (χ0) is 14.4. The predicted molar refractivity (Wildman–Crippen MR) is 83.4 cm³/mol. The quantitative estimate of drug-likeness (QED) is 0.884. The number of fused-ring (bicyclic) bond motifs is 2. The van der Waals surface area contributed by atoms with Crippen LogP contribution >= 0.6 is 0 Å². The van der Waals surface area contributed by atoms with Crippen LogP contribution in [0.5, 0.6) is 0 Å². The van der Waals surface area contributed by atoms with E-state index in [0.717, 1.165) is 50.1 Å². The molecule has 4 nitrogen and oxygen atoms in total. The minimum Gasteiger partial charge on any atom is -0.316 e. The first-order valence-corrected chi connectivity index (χ1v) is 8.05. The molecule has 2 fully saturated rings. The Labute approximate surface area is 126 Å². The highest BCUT2D eigenvalue weighted by Crippen LogP contribution is 2.32. The molecule has 1 aromatic carbocycles. The van der Waals surface area contributed by atoms with Crippen molar-refractivity contribution in [3.63, 3.8) is 0 Å². The summed E-state index contributed by atoms with van der Waals surface area (Å²) in [5.74, 6) is 1.77. The van der Waals surface area contributed by atoms with Crippen molar-refractivity contribution in [2.24, 2.45) is 11.8 Å². The van der Waals surface area contributed by atoms with E-state index in [9.17, 15) is 4.79 Å². The van der Waals surface area contributed by atoms with Crippen LogP contribution in [0, 0.1) is 11.8 Å². The molecule has 112 valence electrons. The average molecular weight is 285 g/mol. The summed E-state index contributed by atoms with van der Waals surface area (Å²) >= 11 is 0. The van der Waals surface area contributed by atoms with Gasteiger partial charge in [-0.25, -0.2) is 0 Å². The Bertz CT molecular complexity index is 547. The molecule has 3 heterocycles. The number of nitrogens with zero attached hydrogens (tertiary/aromatic N) is 2. The third-order valence-corrected chi connectivity index (χ3v) is 5.30. The lowest BCUT2D eigenvalue weighted by atomic mass is 10.0. The molecule has 0 bridgehead atoms. The maximum Gasteiger partial charge on any atom is 0.241 e. The highest BCUT2D eigenvalue weighted by atomic mass is 16.2. The summed E-state index contributed by atoms with van der Waals surface area (Å²) in [7, 11) is 0. The lowest BCUT2D eigenvalue weighted by Crippen LogP contribution is -2.43. The first-order valence-electron chi connectivity index (χ1n) is 8.05. The fraction of sp³-hybridized carbons (Fsp3) is 0.588. The SMILES string of the molecule is CC1Cc2ccccc2N1C(=O)CN1C[C@H]2CNC[C@H]2C1. The molecule has 1 aromatic rings. The summed E-state index contributed by atoms with van der Waals surface area (Å²) < 4.78 is 0. The highest BCUT2D eigenvalue weighted by molar-refractivity contribution is 5.97.